The van der Waals surface area contributed by atoms with E-state index in [-0.39, 0.29) is 6.79 Å². The molecule has 0 amide bonds. The van der Waals surface area contributed by atoms with E-state index in [1.165, 1.54) is 0 Å². The molecule has 0 bridgehead atoms. The number of nitrogens with zero attached hydrogens (tertiary/aromatic N) is 9. The third-order valence-corrected chi connectivity index (χ3v) is 5.98. The van der Waals surface area contributed by atoms with Crippen LogP contribution in [-0.4, -0.2) is 74.8 Å². The summed E-state index contributed by atoms with van der Waals surface area (Å²) in [6, 6.07) is 7.90. The number of fused-ring (bicyclic) bond motifs is 2. The van der Waals surface area contributed by atoms with Crippen molar-refractivity contribution in [3.05, 3.63) is 42.0 Å². The summed E-state index contributed by atoms with van der Waals surface area (Å²) in [7, 11) is 1.60. The summed E-state index contributed by atoms with van der Waals surface area (Å²) in [5, 5.41) is 13.0. The molecule has 1 aromatic carbocycles. The van der Waals surface area contributed by atoms with E-state index in [9.17, 15) is 0 Å². The van der Waals surface area contributed by atoms with Gasteiger partial charge in [0.05, 0.1) is 11.4 Å². The molecule has 0 atom stereocenters. The fourth-order valence-corrected chi connectivity index (χ4v) is 4.21. The molecule has 12 heteroatoms. The Balaban J connectivity index is 1.20. The maximum atomic E-state index is 5.52. The van der Waals surface area contributed by atoms with Crippen molar-refractivity contribution < 1.29 is 14.2 Å². The van der Waals surface area contributed by atoms with Crippen molar-refractivity contribution >= 4 is 17.4 Å². The molecule has 2 aliphatic rings. The molecule has 0 unspecified atom stereocenters. The van der Waals surface area contributed by atoms with Crippen molar-refractivity contribution in [1.82, 2.24) is 34.8 Å². The zero-order valence-electron chi connectivity index (χ0n) is 18.9. The first-order valence-electron chi connectivity index (χ1n) is 11.0. The number of benzene rings is 1. The van der Waals surface area contributed by atoms with E-state index >= 15 is 0 Å². The van der Waals surface area contributed by atoms with Crippen molar-refractivity contribution in [3.8, 4) is 22.9 Å². The molecule has 1 fully saturated rings. The fourth-order valence-electron chi connectivity index (χ4n) is 4.21. The van der Waals surface area contributed by atoms with E-state index in [2.05, 4.69) is 41.1 Å². The molecule has 4 aromatic rings. The van der Waals surface area contributed by atoms with Gasteiger partial charge in [-0.3, -0.25) is 0 Å². The molecule has 3 aromatic heterocycles. The van der Waals surface area contributed by atoms with Crippen LogP contribution in [0.4, 0.5) is 11.6 Å². The lowest BCUT2D eigenvalue weighted by Crippen LogP contribution is -2.47. The summed E-state index contributed by atoms with van der Waals surface area (Å²) in [6.07, 6.45) is 1.75. The SMILES string of the molecule is COCc1nc2nnc(-c3ccnc(N4CCN(c5ccc6c(c5)OCO6)CC4)n3)c(C)n2n1. The van der Waals surface area contributed by atoms with E-state index in [4.69, 9.17) is 19.2 Å². The molecule has 5 heterocycles. The van der Waals surface area contributed by atoms with Gasteiger partial charge in [-0.25, -0.2) is 9.97 Å². The summed E-state index contributed by atoms with van der Waals surface area (Å²) >= 11 is 0. The highest BCUT2D eigenvalue weighted by Gasteiger charge is 2.23. The van der Waals surface area contributed by atoms with E-state index in [1.807, 2.05) is 25.1 Å². The van der Waals surface area contributed by atoms with Gasteiger partial charge in [-0.2, -0.15) is 9.50 Å². The lowest BCUT2D eigenvalue weighted by atomic mass is 10.2. The predicted octanol–water partition coefficient (Wildman–Crippen LogP) is 1.49. The first-order valence-corrected chi connectivity index (χ1v) is 11.0. The average Bonchev–Trinajstić information content (AvgIpc) is 3.51. The Hall–Kier alpha value is -4.06. The molecule has 2 aliphatic heterocycles. The van der Waals surface area contributed by atoms with Crippen molar-refractivity contribution in [2.75, 3.05) is 49.9 Å². The van der Waals surface area contributed by atoms with Crippen LogP contribution < -0.4 is 19.3 Å². The molecule has 1 saturated heterocycles. The zero-order chi connectivity index (χ0) is 23.1. The quantitative estimate of drug-likeness (QED) is 0.430. The number of aromatic nitrogens is 7. The third kappa shape index (κ3) is 3.61. The fraction of sp³-hybridized carbons (Fsp3) is 0.364. The van der Waals surface area contributed by atoms with Crippen LogP contribution in [0.3, 0.4) is 0 Å². The number of methoxy groups -OCH3 is 1. The lowest BCUT2D eigenvalue weighted by molar-refractivity contribution is 0.174. The van der Waals surface area contributed by atoms with Crippen LogP contribution in [0.15, 0.2) is 30.5 Å². The number of anilines is 2. The van der Waals surface area contributed by atoms with Gasteiger partial charge in [-0.05, 0) is 25.1 Å². The summed E-state index contributed by atoms with van der Waals surface area (Å²) in [4.78, 5) is 18.1. The Morgan fingerprint density at radius 2 is 1.79 bits per heavy atom. The van der Waals surface area contributed by atoms with E-state index in [1.54, 1.807) is 17.8 Å². The lowest BCUT2D eigenvalue weighted by Gasteiger charge is -2.36. The van der Waals surface area contributed by atoms with Gasteiger partial charge in [0, 0.05) is 51.2 Å². The van der Waals surface area contributed by atoms with Crippen molar-refractivity contribution in [3.63, 3.8) is 0 Å². The predicted molar refractivity (Wildman–Crippen MR) is 122 cm³/mol. The highest BCUT2D eigenvalue weighted by atomic mass is 16.7. The molecular formula is C22H23N9O3. The highest BCUT2D eigenvalue weighted by Crippen LogP contribution is 2.35. The Morgan fingerprint density at radius 3 is 2.65 bits per heavy atom. The molecule has 0 saturated carbocycles. The van der Waals surface area contributed by atoms with Crippen LogP contribution in [0.1, 0.15) is 11.5 Å². The number of hydrogen-bond acceptors (Lipinski definition) is 11. The first-order chi connectivity index (χ1) is 16.7. The normalized spacial score (nSPS) is 15.4. The number of hydrogen-bond donors (Lipinski definition) is 0. The molecule has 0 N–H and O–H groups in total. The second-order valence-corrected chi connectivity index (χ2v) is 8.06. The largest absolute Gasteiger partial charge is 0.454 e. The highest BCUT2D eigenvalue weighted by molar-refractivity contribution is 5.60. The van der Waals surface area contributed by atoms with Crippen LogP contribution in [0.5, 0.6) is 11.5 Å². The van der Waals surface area contributed by atoms with Crippen LogP contribution in [0.2, 0.25) is 0 Å². The Bertz CT molecular complexity index is 1350. The Labute approximate surface area is 195 Å². The second-order valence-electron chi connectivity index (χ2n) is 8.06. The summed E-state index contributed by atoms with van der Waals surface area (Å²) in [5.41, 5.74) is 3.26. The van der Waals surface area contributed by atoms with Gasteiger partial charge in [0.2, 0.25) is 12.7 Å². The van der Waals surface area contributed by atoms with Crippen LogP contribution in [0, 0.1) is 6.92 Å². The maximum absolute atomic E-state index is 5.52. The number of rotatable bonds is 5. The Kier molecular flexibility index (Phi) is 5.06. The minimum Gasteiger partial charge on any atom is -0.454 e. The van der Waals surface area contributed by atoms with E-state index in [0.717, 1.165) is 49.1 Å². The smallest absolute Gasteiger partial charge is 0.272 e. The van der Waals surface area contributed by atoms with Crippen LogP contribution >= 0.6 is 0 Å². The van der Waals surface area contributed by atoms with Crippen molar-refractivity contribution in [2.24, 2.45) is 0 Å². The molecule has 0 aliphatic carbocycles. The molecule has 0 radical (unpaired) electrons. The van der Waals surface area contributed by atoms with Gasteiger partial charge in [0.25, 0.3) is 5.78 Å². The molecule has 34 heavy (non-hydrogen) atoms. The van der Waals surface area contributed by atoms with Gasteiger partial charge in [0.15, 0.2) is 17.3 Å². The molecule has 12 nitrogen and oxygen atoms in total. The molecular weight excluding hydrogens is 438 g/mol. The summed E-state index contributed by atoms with van der Waals surface area (Å²) in [5.74, 6) is 3.25. The minimum absolute atomic E-state index is 0.280. The summed E-state index contributed by atoms with van der Waals surface area (Å²) in [6.45, 7) is 5.80. The third-order valence-electron chi connectivity index (χ3n) is 5.98. The van der Waals surface area contributed by atoms with Crippen LogP contribution in [-0.2, 0) is 11.3 Å². The van der Waals surface area contributed by atoms with Gasteiger partial charge >= 0.3 is 0 Å². The van der Waals surface area contributed by atoms with Gasteiger partial charge in [-0.1, -0.05) is 0 Å². The molecule has 0 spiro atoms. The topological polar surface area (TPSA) is 116 Å². The first kappa shape index (κ1) is 20.5. The van der Waals surface area contributed by atoms with Gasteiger partial charge in [-0.15, -0.1) is 15.3 Å². The van der Waals surface area contributed by atoms with Crippen LogP contribution in [0.25, 0.3) is 17.2 Å². The van der Waals surface area contributed by atoms with Crippen molar-refractivity contribution in [1.29, 1.82) is 0 Å². The second kappa shape index (κ2) is 8.37. The van der Waals surface area contributed by atoms with E-state index in [0.29, 0.717) is 35.5 Å². The maximum Gasteiger partial charge on any atom is 0.272 e. The number of aryl methyl sites for hydroxylation is 1. The standard InChI is InChI=1S/C22H23N9O3/c1-14-20(26-27-22-25-19(12-32-2)28-31(14)22)16-5-6-23-21(24-16)30-9-7-29(8-10-30)15-3-4-17-18(11-15)34-13-33-17/h3-6,11H,7-10,12-13H2,1-2H3. The zero-order valence-corrected chi connectivity index (χ0v) is 18.9. The van der Waals surface area contributed by atoms with E-state index < -0.39 is 0 Å². The average molecular weight is 461 g/mol. The van der Waals surface area contributed by atoms with Gasteiger partial charge in [0.1, 0.15) is 12.3 Å². The molecule has 6 rings (SSSR count). The number of piperazine rings is 1. The Morgan fingerprint density at radius 1 is 0.971 bits per heavy atom. The monoisotopic (exact) mass is 461 g/mol. The summed E-state index contributed by atoms with van der Waals surface area (Å²) < 4.78 is 17.7. The van der Waals surface area contributed by atoms with Crippen molar-refractivity contribution in [2.45, 2.75) is 13.5 Å². The van der Waals surface area contributed by atoms with Gasteiger partial charge < -0.3 is 24.0 Å². The minimum atomic E-state index is 0.280. The molecule has 174 valence electrons. The number of ether oxygens (including phenoxy) is 3.